The first kappa shape index (κ1) is 14.5. The van der Waals surface area contributed by atoms with E-state index in [1.165, 1.54) is 5.57 Å². The second-order valence-corrected chi connectivity index (χ2v) is 5.74. The largest absolute Gasteiger partial charge is 0.508 e. The zero-order valence-electron chi connectivity index (χ0n) is 12.8. The lowest BCUT2D eigenvalue weighted by atomic mass is 10.1. The standard InChI is InChI=1S/C17H19N3O2/c1-10-8-12(6-7-15(10)21)11(2)19-20-17(22)16-14-5-3-4-13(14)9-18-16/h6-8,21H,3-5,9H2,1-2H3,(H,20,22)/b19-11+. The van der Waals surface area contributed by atoms with Gasteiger partial charge in [-0.25, -0.2) is 5.43 Å². The molecule has 0 fully saturated rings. The molecule has 5 heteroatoms. The molecule has 0 aromatic heterocycles. The smallest absolute Gasteiger partial charge is 0.289 e. The Hall–Kier alpha value is -2.43. The molecule has 0 radical (unpaired) electrons. The van der Waals surface area contributed by atoms with Crippen LogP contribution in [0, 0.1) is 6.92 Å². The molecule has 1 aliphatic carbocycles. The third-order valence-electron chi connectivity index (χ3n) is 4.20. The second-order valence-electron chi connectivity index (χ2n) is 5.74. The van der Waals surface area contributed by atoms with Crippen molar-refractivity contribution in [2.75, 3.05) is 6.54 Å². The first-order valence-corrected chi connectivity index (χ1v) is 7.46. The zero-order chi connectivity index (χ0) is 15.7. The van der Waals surface area contributed by atoms with Gasteiger partial charge in [0.25, 0.3) is 5.91 Å². The molecule has 1 aliphatic heterocycles. The van der Waals surface area contributed by atoms with Crippen molar-refractivity contribution < 1.29 is 9.90 Å². The molecule has 1 amide bonds. The number of hydrazone groups is 1. The van der Waals surface area contributed by atoms with Crippen LogP contribution in [0.15, 0.2) is 39.4 Å². The Morgan fingerprint density at radius 3 is 2.95 bits per heavy atom. The van der Waals surface area contributed by atoms with Crippen LogP contribution in [-0.2, 0) is 4.79 Å². The third-order valence-corrected chi connectivity index (χ3v) is 4.20. The summed E-state index contributed by atoms with van der Waals surface area (Å²) in [6.07, 6.45) is 3.12. The number of hydrogen-bond donors (Lipinski definition) is 2. The van der Waals surface area contributed by atoms with Crippen molar-refractivity contribution >= 4 is 17.3 Å². The number of aliphatic imine (C=N–C) groups is 1. The molecular weight excluding hydrogens is 278 g/mol. The van der Waals surface area contributed by atoms with Gasteiger partial charge in [-0.05, 0) is 73.6 Å². The third kappa shape index (κ3) is 2.66. The number of hydrogen-bond acceptors (Lipinski definition) is 4. The Kier molecular flexibility index (Phi) is 3.79. The van der Waals surface area contributed by atoms with Crippen molar-refractivity contribution in [3.8, 4) is 5.75 Å². The van der Waals surface area contributed by atoms with Gasteiger partial charge in [0.1, 0.15) is 11.5 Å². The van der Waals surface area contributed by atoms with Gasteiger partial charge in [-0.15, -0.1) is 0 Å². The predicted octanol–water partition coefficient (Wildman–Crippen LogP) is 2.48. The summed E-state index contributed by atoms with van der Waals surface area (Å²) in [6, 6.07) is 5.24. The fraction of sp³-hybridized carbons (Fsp3) is 0.353. The molecule has 2 aliphatic rings. The van der Waals surface area contributed by atoms with E-state index in [9.17, 15) is 9.90 Å². The minimum atomic E-state index is -0.234. The SMILES string of the molecule is C/C(=N\NC(=O)C1=NCC2=C1CCC2)c1ccc(O)c(C)c1. The number of benzene rings is 1. The van der Waals surface area contributed by atoms with Crippen LogP contribution >= 0.6 is 0 Å². The highest BCUT2D eigenvalue weighted by molar-refractivity contribution is 6.46. The molecule has 1 aromatic carbocycles. The fourth-order valence-electron chi connectivity index (χ4n) is 2.88. The fourth-order valence-corrected chi connectivity index (χ4v) is 2.88. The minimum absolute atomic E-state index is 0.234. The molecule has 114 valence electrons. The number of nitrogens with one attached hydrogen (secondary N) is 1. The van der Waals surface area contributed by atoms with E-state index in [-0.39, 0.29) is 11.7 Å². The molecule has 0 saturated carbocycles. The van der Waals surface area contributed by atoms with Crippen LogP contribution in [0.4, 0.5) is 0 Å². The van der Waals surface area contributed by atoms with Crippen molar-refractivity contribution in [1.82, 2.24) is 5.43 Å². The molecule has 0 spiro atoms. The van der Waals surface area contributed by atoms with Crippen LogP contribution in [-0.4, -0.2) is 29.0 Å². The topological polar surface area (TPSA) is 74.0 Å². The number of phenolic OH excluding ortho intramolecular Hbond substituents is 1. The highest BCUT2D eigenvalue weighted by atomic mass is 16.3. The maximum atomic E-state index is 12.2. The van der Waals surface area contributed by atoms with Crippen molar-refractivity contribution in [2.45, 2.75) is 33.1 Å². The monoisotopic (exact) mass is 297 g/mol. The maximum Gasteiger partial charge on any atom is 0.289 e. The van der Waals surface area contributed by atoms with Crippen LogP contribution < -0.4 is 5.43 Å². The van der Waals surface area contributed by atoms with Crippen molar-refractivity contribution in [3.05, 3.63) is 40.5 Å². The zero-order valence-corrected chi connectivity index (χ0v) is 12.8. The van der Waals surface area contributed by atoms with Crippen molar-refractivity contribution in [1.29, 1.82) is 0 Å². The molecule has 3 rings (SSSR count). The first-order valence-electron chi connectivity index (χ1n) is 7.46. The van der Waals surface area contributed by atoms with E-state index in [1.54, 1.807) is 12.1 Å². The quantitative estimate of drug-likeness (QED) is 0.664. The van der Waals surface area contributed by atoms with Gasteiger partial charge in [0.05, 0.1) is 12.3 Å². The predicted molar refractivity (Wildman–Crippen MR) is 86.4 cm³/mol. The molecule has 1 heterocycles. The molecule has 22 heavy (non-hydrogen) atoms. The summed E-state index contributed by atoms with van der Waals surface area (Å²) in [6.45, 7) is 4.31. The highest BCUT2D eigenvalue weighted by Crippen LogP contribution is 2.31. The van der Waals surface area contributed by atoms with E-state index < -0.39 is 0 Å². The number of phenols is 1. The minimum Gasteiger partial charge on any atom is -0.508 e. The number of rotatable bonds is 3. The molecule has 5 nitrogen and oxygen atoms in total. The summed E-state index contributed by atoms with van der Waals surface area (Å²) in [7, 11) is 0. The van der Waals surface area contributed by atoms with E-state index in [4.69, 9.17) is 0 Å². The molecule has 0 saturated heterocycles. The Bertz CT molecular complexity index is 729. The number of nitrogens with zero attached hydrogens (tertiary/aromatic N) is 2. The summed E-state index contributed by atoms with van der Waals surface area (Å²) in [4.78, 5) is 16.5. The van der Waals surface area contributed by atoms with Crippen LogP contribution in [0.25, 0.3) is 0 Å². The van der Waals surface area contributed by atoms with Crippen LogP contribution in [0.1, 0.15) is 37.3 Å². The van der Waals surface area contributed by atoms with Gasteiger partial charge < -0.3 is 5.11 Å². The Morgan fingerprint density at radius 1 is 1.36 bits per heavy atom. The van der Waals surface area contributed by atoms with E-state index in [0.29, 0.717) is 18.0 Å². The van der Waals surface area contributed by atoms with Gasteiger partial charge in [-0.2, -0.15) is 5.10 Å². The molecular formula is C17H19N3O2. The summed E-state index contributed by atoms with van der Waals surface area (Å²) < 4.78 is 0. The molecule has 0 unspecified atom stereocenters. The van der Waals surface area contributed by atoms with Gasteiger partial charge in [0.2, 0.25) is 0 Å². The second kappa shape index (κ2) is 5.75. The van der Waals surface area contributed by atoms with Gasteiger partial charge in [0.15, 0.2) is 0 Å². The summed E-state index contributed by atoms with van der Waals surface area (Å²) in [5.74, 6) is 0.0170. The van der Waals surface area contributed by atoms with Gasteiger partial charge in [0, 0.05) is 0 Å². The molecule has 0 bridgehead atoms. The Labute approximate surface area is 129 Å². The lowest BCUT2D eigenvalue weighted by Gasteiger charge is -2.06. The number of amides is 1. The van der Waals surface area contributed by atoms with Gasteiger partial charge in [-0.3, -0.25) is 9.79 Å². The van der Waals surface area contributed by atoms with Crippen LogP contribution in [0.3, 0.4) is 0 Å². The summed E-state index contributed by atoms with van der Waals surface area (Å²) in [5, 5.41) is 13.7. The Balaban J connectivity index is 1.71. The average Bonchev–Trinajstić information content (AvgIpc) is 3.10. The van der Waals surface area contributed by atoms with E-state index >= 15 is 0 Å². The summed E-state index contributed by atoms with van der Waals surface area (Å²) >= 11 is 0. The van der Waals surface area contributed by atoms with Crippen LogP contribution in [0.5, 0.6) is 5.75 Å². The summed E-state index contributed by atoms with van der Waals surface area (Å²) in [5.41, 5.74) is 7.89. The van der Waals surface area contributed by atoms with Crippen molar-refractivity contribution in [2.24, 2.45) is 10.1 Å². The molecule has 2 N–H and O–H groups in total. The molecule has 1 aromatic rings. The number of carbonyl (C=O) groups excluding carboxylic acids is 1. The number of aryl methyl sites for hydroxylation is 1. The lowest BCUT2D eigenvalue weighted by molar-refractivity contribution is -0.114. The molecule has 0 atom stereocenters. The van der Waals surface area contributed by atoms with E-state index in [1.807, 2.05) is 19.9 Å². The number of carbonyl (C=O) groups is 1. The first-order chi connectivity index (χ1) is 10.6. The van der Waals surface area contributed by atoms with Crippen molar-refractivity contribution in [3.63, 3.8) is 0 Å². The average molecular weight is 297 g/mol. The highest BCUT2D eigenvalue weighted by Gasteiger charge is 2.27. The maximum absolute atomic E-state index is 12.2. The van der Waals surface area contributed by atoms with Crippen LogP contribution in [0.2, 0.25) is 0 Å². The van der Waals surface area contributed by atoms with E-state index in [2.05, 4.69) is 15.5 Å². The normalized spacial score (nSPS) is 17.5. The lowest BCUT2D eigenvalue weighted by Crippen LogP contribution is -2.28. The number of aromatic hydroxyl groups is 1. The Morgan fingerprint density at radius 2 is 2.18 bits per heavy atom. The van der Waals surface area contributed by atoms with Gasteiger partial charge >= 0.3 is 0 Å². The van der Waals surface area contributed by atoms with Gasteiger partial charge in [-0.1, -0.05) is 0 Å². The van der Waals surface area contributed by atoms with E-state index in [0.717, 1.165) is 36.0 Å².